The van der Waals surface area contributed by atoms with E-state index in [2.05, 4.69) is 15.5 Å². The number of hydrogen-bond acceptors (Lipinski definition) is 5. The van der Waals surface area contributed by atoms with Crippen LogP contribution in [0.4, 0.5) is 18.9 Å². The predicted molar refractivity (Wildman–Crippen MR) is 128 cm³/mol. The van der Waals surface area contributed by atoms with Gasteiger partial charge in [-0.05, 0) is 50.2 Å². The fourth-order valence-electron chi connectivity index (χ4n) is 3.35. The molecule has 0 fully saturated rings. The van der Waals surface area contributed by atoms with E-state index in [1.165, 1.54) is 0 Å². The number of anilines is 1. The molecule has 4 aromatic rings. The molecule has 1 aromatic heterocycles. The summed E-state index contributed by atoms with van der Waals surface area (Å²) in [7, 11) is 1.56. The molecule has 6 nitrogen and oxygen atoms in total. The average molecular weight is 499 g/mol. The predicted octanol–water partition coefficient (Wildman–Crippen LogP) is 5.79. The highest BCUT2D eigenvalue weighted by Crippen LogP contribution is 2.34. The first-order valence-corrected chi connectivity index (χ1v) is 11.4. The molecule has 0 radical (unpaired) electrons. The first-order chi connectivity index (χ1) is 16.8. The minimum Gasteiger partial charge on any atom is -0.496 e. The monoisotopic (exact) mass is 498 g/mol. The van der Waals surface area contributed by atoms with Crippen molar-refractivity contribution in [2.75, 3.05) is 12.4 Å². The van der Waals surface area contributed by atoms with Crippen LogP contribution in [0, 0.1) is 24.4 Å². The number of aryl methyl sites for hydroxylation is 1. The number of aromatic nitrogens is 3. The SMILES string of the molecule is COc1ccccc1-c1nnc(SC(C)C(=O)Nc2ccc(F)c(F)c2F)n1-c1ccc(C)cc1. The molecule has 35 heavy (non-hydrogen) atoms. The van der Waals surface area contributed by atoms with Gasteiger partial charge in [-0.15, -0.1) is 10.2 Å². The maximum atomic E-state index is 14.0. The Morgan fingerprint density at radius 3 is 2.43 bits per heavy atom. The smallest absolute Gasteiger partial charge is 0.237 e. The minimum absolute atomic E-state index is 0.406. The van der Waals surface area contributed by atoms with Crippen molar-refractivity contribution in [3.8, 4) is 22.8 Å². The molecule has 0 spiro atoms. The number of hydrogen-bond donors (Lipinski definition) is 1. The molecule has 0 bridgehead atoms. The van der Waals surface area contributed by atoms with Crippen LogP contribution in [0.5, 0.6) is 5.75 Å². The van der Waals surface area contributed by atoms with Gasteiger partial charge in [0.1, 0.15) is 5.75 Å². The van der Waals surface area contributed by atoms with E-state index >= 15 is 0 Å². The molecule has 4 rings (SSSR count). The van der Waals surface area contributed by atoms with Crippen LogP contribution in [-0.4, -0.2) is 33.0 Å². The van der Waals surface area contributed by atoms with E-state index in [1.54, 1.807) is 18.6 Å². The summed E-state index contributed by atoms with van der Waals surface area (Å²) >= 11 is 1.08. The fraction of sp³-hybridized carbons (Fsp3) is 0.160. The summed E-state index contributed by atoms with van der Waals surface area (Å²) in [5, 5.41) is 10.6. The zero-order valence-electron chi connectivity index (χ0n) is 19.1. The van der Waals surface area contributed by atoms with Gasteiger partial charge in [-0.3, -0.25) is 9.36 Å². The van der Waals surface area contributed by atoms with Gasteiger partial charge in [-0.2, -0.15) is 0 Å². The van der Waals surface area contributed by atoms with Gasteiger partial charge in [0.2, 0.25) is 5.91 Å². The zero-order valence-corrected chi connectivity index (χ0v) is 19.9. The van der Waals surface area contributed by atoms with Gasteiger partial charge in [0, 0.05) is 5.69 Å². The molecule has 1 amide bonds. The summed E-state index contributed by atoms with van der Waals surface area (Å²) in [5.41, 5.74) is 2.09. The number of amides is 1. The Kier molecular flexibility index (Phi) is 7.11. The molecule has 3 aromatic carbocycles. The van der Waals surface area contributed by atoms with Crippen LogP contribution in [0.2, 0.25) is 0 Å². The molecule has 0 aliphatic carbocycles. The lowest BCUT2D eigenvalue weighted by atomic mass is 10.1. The number of para-hydroxylation sites is 1. The summed E-state index contributed by atoms with van der Waals surface area (Å²) in [6, 6.07) is 16.8. The van der Waals surface area contributed by atoms with Crippen LogP contribution >= 0.6 is 11.8 Å². The maximum absolute atomic E-state index is 14.0. The molecule has 0 aliphatic rings. The van der Waals surface area contributed by atoms with Gasteiger partial charge < -0.3 is 10.1 Å². The van der Waals surface area contributed by atoms with Gasteiger partial charge in [0.05, 0.1) is 23.6 Å². The van der Waals surface area contributed by atoms with Crippen LogP contribution in [0.1, 0.15) is 12.5 Å². The standard InChI is InChI=1S/C25H21F3N4O2S/c1-14-8-10-16(11-9-14)32-23(17-6-4-5-7-20(17)34-3)30-31-25(32)35-15(2)24(33)29-19-13-12-18(26)21(27)22(19)28/h4-13,15H,1-3H3,(H,29,33). The molecule has 1 atom stereocenters. The third kappa shape index (κ3) is 5.02. The van der Waals surface area contributed by atoms with E-state index in [0.717, 1.165) is 35.1 Å². The zero-order chi connectivity index (χ0) is 25.1. The van der Waals surface area contributed by atoms with Crippen LogP contribution < -0.4 is 10.1 Å². The molecule has 1 heterocycles. The second kappa shape index (κ2) is 10.2. The van der Waals surface area contributed by atoms with Gasteiger partial charge in [0.15, 0.2) is 28.4 Å². The Morgan fingerprint density at radius 1 is 1.00 bits per heavy atom. The highest BCUT2D eigenvalue weighted by molar-refractivity contribution is 8.00. The van der Waals surface area contributed by atoms with Gasteiger partial charge in [0.25, 0.3) is 0 Å². The molecule has 10 heteroatoms. The Hall–Kier alpha value is -3.79. The molecular formula is C25H21F3N4O2S. The normalized spacial score (nSPS) is 11.8. The van der Waals surface area contributed by atoms with E-state index in [9.17, 15) is 18.0 Å². The molecule has 0 saturated carbocycles. The van der Waals surface area contributed by atoms with Crippen LogP contribution in [0.3, 0.4) is 0 Å². The Morgan fingerprint density at radius 2 is 1.71 bits per heavy atom. The lowest BCUT2D eigenvalue weighted by Crippen LogP contribution is -2.23. The highest BCUT2D eigenvalue weighted by Gasteiger charge is 2.24. The number of thioether (sulfide) groups is 1. The lowest BCUT2D eigenvalue weighted by Gasteiger charge is -2.15. The van der Waals surface area contributed by atoms with E-state index in [4.69, 9.17) is 4.74 Å². The first kappa shape index (κ1) is 24.3. The van der Waals surface area contributed by atoms with Crippen LogP contribution in [-0.2, 0) is 4.79 Å². The number of carbonyl (C=O) groups excluding carboxylic acids is 1. The average Bonchev–Trinajstić information content (AvgIpc) is 3.27. The Bertz CT molecular complexity index is 1380. The maximum Gasteiger partial charge on any atom is 0.237 e. The quantitative estimate of drug-likeness (QED) is 0.258. The Balaban J connectivity index is 1.68. The molecular weight excluding hydrogens is 477 g/mol. The number of nitrogens with zero attached hydrogens (tertiary/aromatic N) is 3. The van der Waals surface area contributed by atoms with E-state index < -0.39 is 34.3 Å². The number of ether oxygens (including phenoxy) is 1. The summed E-state index contributed by atoms with van der Waals surface area (Å²) in [5.74, 6) is -3.95. The third-order valence-corrected chi connectivity index (χ3v) is 6.26. The number of carbonyl (C=O) groups is 1. The van der Waals surface area contributed by atoms with Gasteiger partial charge in [-0.25, -0.2) is 13.2 Å². The summed E-state index contributed by atoms with van der Waals surface area (Å²) in [6.07, 6.45) is 0. The van der Waals surface area contributed by atoms with Crippen molar-refractivity contribution in [3.63, 3.8) is 0 Å². The molecule has 1 unspecified atom stereocenters. The van der Waals surface area contributed by atoms with Crippen molar-refractivity contribution in [1.29, 1.82) is 0 Å². The molecule has 0 aliphatic heterocycles. The second-order valence-electron chi connectivity index (χ2n) is 7.65. The molecule has 1 N–H and O–H groups in total. The summed E-state index contributed by atoms with van der Waals surface area (Å²) in [6.45, 7) is 3.56. The summed E-state index contributed by atoms with van der Waals surface area (Å²) in [4.78, 5) is 12.7. The van der Waals surface area contributed by atoms with Crippen molar-refractivity contribution >= 4 is 23.4 Å². The minimum atomic E-state index is -1.65. The van der Waals surface area contributed by atoms with E-state index in [-0.39, 0.29) is 0 Å². The lowest BCUT2D eigenvalue weighted by molar-refractivity contribution is -0.115. The van der Waals surface area contributed by atoms with Crippen LogP contribution in [0.25, 0.3) is 17.1 Å². The van der Waals surface area contributed by atoms with Crippen molar-refractivity contribution in [3.05, 3.63) is 83.7 Å². The van der Waals surface area contributed by atoms with E-state index in [1.807, 2.05) is 55.5 Å². The van der Waals surface area contributed by atoms with Crippen LogP contribution in [0.15, 0.2) is 65.8 Å². The number of halogens is 3. The van der Waals surface area contributed by atoms with Gasteiger partial charge >= 0.3 is 0 Å². The second-order valence-corrected chi connectivity index (χ2v) is 8.96. The first-order valence-electron chi connectivity index (χ1n) is 10.6. The number of methoxy groups -OCH3 is 1. The largest absolute Gasteiger partial charge is 0.496 e. The topological polar surface area (TPSA) is 69.0 Å². The fourth-order valence-corrected chi connectivity index (χ4v) is 4.21. The number of benzene rings is 3. The third-order valence-electron chi connectivity index (χ3n) is 5.22. The molecule has 180 valence electrons. The van der Waals surface area contributed by atoms with Crippen molar-refractivity contribution in [2.45, 2.75) is 24.3 Å². The van der Waals surface area contributed by atoms with Crippen molar-refractivity contribution in [1.82, 2.24) is 14.8 Å². The number of rotatable bonds is 7. The number of nitrogens with one attached hydrogen (secondary N) is 1. The van der Waals surface area contributed by atoms with E-state index in [0.29, 0.717) is 22.3 Å². The van der Waals surface area contributed by atoms with Gasteiger partial charge in [-0.1, -0.05) is 41.6 Å². The summed E-state index contributed by atoms with van der Waals surface area (Å²) < 4.78 is 48.1. The van der Waals surface area contributed by atoms with Crippen molar-refractivity contribution in [2.24, 2.45) is 0 Å². The Labute approximate surface area is 204 Å². The van der Waals surface area contributed by atoms with Crippen molar-refractivity contribution < 1.29 is 22.7 Å². The molecule has 0 saturated heterocycles. The highest BCUT2D eigenvalue weighted by atomic mass is 32.2.